The van der Waals surface area contributed by atoms with Crippen LogP contribution in [0.25, 0.3) is 0 Å². The van der Waals surface area contributed by atoms with Crippen molar-refractivity contribution in [2.24, 2.45) is 5.92 Å². The van der Waals surface area contributed by atoms with Gasteiger partial charge in [-0.1, -0.05) is 37.6 Å². The van der Waals surface area contributed by atoms with Crippen LogP contribution in [0.2, 0.25) is 0 Å². The van der Waals surface area contributed by atoms with E-state index in [0.717, 1.165) is 31.0 Å². The summed E-state index contributed by atoms with van der Waals surface area (Å²) in [5, 5.41) is 0. The molecule has 0 N–H and O–H groups in total. The lowest BCUT2D eigenvalue weighted by molar-refractivity contribution is -0.108. The van der Waals surface area contributed by atoms with Crippen LogP contribution in [0, 0.1) is 5.92 Å². The van der Waals surface area contributed by atoms with Crippen LogP contribution in [0.1, 0.15) is 68.9 Å². The van der Waals surface area contributed by atoms with Crippen LogP contribution in [-0.2, 0) is 11.2 Å². The highest BCUT2D eigenvalue weighted by Crippen LogP contribution is 2.37. The van der Waals surface area contributed by atoms with Crippen LogP contribution in [0.4, 0.5) is 0 Å². The number of hydrogen-bond acceptors (Lipinski definition) is 1. The molecule has 0 spiro atoms. The SMILES string of the molecule is CCCc1ccc([C@H]2CC[C@H](CCC=O)CC2)cc1. The molecule has 1 aromatic rings. The topological polar surface area (TPSA) is 17.1 Å². The minimum absolute atomic E-state index is 0.751. The summed E-state index contributed by atoms with van der Waals surface area (Å²) in [7, 11) is 0. The summed E-state index contributed by atoms with van der Waals surface area (Å²) in [6.45, 7) is 2.23. The molecule has 1 saturated carbocycles. The second-order valence-corrected chi connectivity index (χ2v) is 5.95. The second kappa shape index (κ2) is 7.47. The zero-order chi connectivity index (χ0) is 13.5. The van der Waals surface area contributed by atoms with E-state index in [1.807, 2.05) is 0 Å². The van der Waals surface area contributed by atoms with Gasteiger partial charge in [0.2, 0.25) is 0 Å². The van der Waals surface area contributed by atoms with E-state index in [-0.39, 0.29) is 0 Å². The molecule has 0 aliphatic heterocycles. The van der Waals surface area contributed by atoms with Crippen molar-refractivity contribution in [2.45, 2.75) is 64.2 Å². The molecule has 0 aromatic heterocycles. The molecule has 0 amide bonds. The largest absolute Gasteiger partial charge is 0.303 e. The quantitative estimate of drug-likeness (QED) is 0.664. The first-order valence-corrected chi connectivity index (χ1v) is 7.86. The summed E-state index contributed by atoms with van der Waals surface area (Å²) in [5.74, 6) is 1.55. The molecule has 1 heteroatoms. The molecule has 0 atom stereocenters. The number of carbonyl (C=O) groups is 1. The molecule has 2 rings (SSSR count). The van der Waals surface area contributed by atoms with Gasteiger partial charge in [-0.3, -0.25) is 0 Å². The van der Waals surface area contributed by atoms with Gasteiger partial charge < -0.3 is 4.79 Å². The monoisotopic (exact) mass is 258 g/mol. The Labute approximate surface area is 117 Å². The van der Waals surface area contributed by atoms with E-state index in [1.165, 1.54) is 49.7 Å². The van der Waals surface area contributed by atoms with Crippen LogP contribution in [0.15, 0.2) is 24.3 Å². The first-order valence-electron chi connectivity index (χ1n) is 7.86. The maximum absolute atomic E-state index is 10.4. The maximum atomic E-state index is 10.4. The molecule has 0 bridgehead atoms. The molecule has 104 valence electrons. The lowest BCUT2D eigenvalue weighted by Gasteiger charge is -2.28. The Hall–Kier alpha value is -1.11. The predicted molar refractivity (Wildman–Crippen MR) is 80.4 cm³/mol. The average molecular weight is 258 g/mol. The molecule has 1 aliphatic carbocycles. The van der Waals surface area contributed by atoms with E-state index in [1.54, 1.807) is 0 Å². The fraction of sp³-hybridized carbons (Fsp3) is 0.611. The maximum Gasteiger partial charge on any atom is 0.120 e. The third kappa shape index (κ3) is 4.19. The summed E-state index contributed by atoms with van der Waals surface area (Å²) in [6.07, 6.45) is 10.5. The summed E-state index contributed by atoms with van der Waals surface area (Å²) in [6, 6.07) is 9.28. The molecule has 0 unspecified atom stereocenters. The minimum Gasteiger partial charge on any atom is -0.303 e. The van der Waals surface area contributed by atoms with Crippen LogP contribution in [0.3, 0.4) is 0 Å². The molecule has 1 nitrogen and oxygen atoms in total. The lowest BCUT2D eigenvalue weighted by Crippen LogP contribution is -2.13. The standard InChI is InChI=1S/C18H26O/c1-2-4-15-6-10-17(11-7-15)18-12-8-16(9-13-18)5-3-14-19/h6-7,10-11,14,16,18H,2-5,8-9,12-13H2,1H3/t16-,18-. The zero-order valence-corrected chi connectivity index (χ0v) is 12.1. The van der Waals surface area contributed by atoms with Gasteiger partial charge in [0.15, 0.2) is 0 Å². The fourth-order valence-corrected chi connectivity index (χ4v) is 3.33. The summed E-state index contributed by atoms with van der Waals surface area (Å²) in [4.78, 5) is 10.4. The summed E-state index contributed by atoms with van der Waals surface area (Å²) < 4.78 is 0. The van der Waals surface area contributed by atoms with E-state index < -0.39 is 0 Å². The lowest BCUT2D eigenvalue weighted by atomic mass is 9.77. The zero-order valence-electron chi connectivity index (χ0n) is 12.1. The Balaban J connectivity index is 1.85. The highest BCUT2D eigenvalue weighted by Gasteiger charge is 2.21. The van der Waals surface area contributed by atoms with Crippen molar-refractivity contribution in [2.75, 3.05) is 0 Å². The van der Waals surface area contributed by atoms with Gasteiger partial charge in [-0.15, -0.1) is 0 Å². The number of aryl methyl sites for hydroxylation is 1. The first kappa shape index (κ1) is 14.3. The molecule has 1 fully saturated rings. The number of rotatable bonds is 6. The highest BCUT2D eigenvalue weighted by atomic mass is 16.1. The number of aldehydes is 1. The van der Waals surface area contributed by atoms with E-state index >= 15 is 0 Å². The van der Waals surface area contributed by atoms with Crippen LogP contribution in [0.5, 0.6) is 0 Å². The predicted octanol–water partition coefficient (Wildman–Crippen LogP) is 4.89. The van der Waals surface area contributed by atoms with Gasteiger partial charge in [0.1, 0.15) is 6.29 Å². The van der Waals surface area contributed by atoms with Gasteiger partial charge in [0.05, 0.1) is 0 Å². The van der Waals surface area contributed by atoms with E-state index in [4.69, 9.17) is 0 Å². The Kier molecular flexibility index (Phi) is 5.62. The van der Waals surface area contributed by atoms with Crippen LogP contribution < -0.4 is 0 Å². The van der Waals surface area contributed by atoms with Crippen molar-refractivity contribution >= 4 is 6.29 Å². The van der Waals surface area contributed by atoms with Gasteiger partial charge in [0.25, 0.3) is 0 Å². The Morgan fingerprint density at radius 2 is 1.79 bits per heavy atom. The van der Waals surface area contributed by atoms with Gasteiger partial charge in [0, 0.05) is 6.42 Å². The number of benzene rings is 1. The normalized spacial score (nSPS) is 23.2. The molecule has 1 aromatic carbocycles. The third-order valence-electron chi connectivity index (χ3n) is 4.53. The molecular formula is C18H26O. The summed E-state index contributed by atoms with van der Waals surface area (Å²) in [5.41, 5.74) is 2.99. The van der Waals surface area contributed by atoms with Gasteiger partial charge in [-0.05, 0) is 61.5 Å². The van der Waals surface area contributed by atoms with Gasteiger partial charge >= 0.3 is 0 Å². The van der Waals surface area contributed by atoms with Crippen LogP contribution in [-0.4, -0.2) is 6.29 Å². The molecule has 1 aliphatic rings. The van der Waals surface area contributed by atoms with Crippen molar-refractivity contribution in [1.29, 1.82) is 0 Å². The number of hydrogen-bond donors (Lipinski definition) is 0. The Morgan fingerprint density at radius 3 is 2.37 bits per heavy atom. The number of carbonyl (C=O) groups excluding carboxylic acids is 1. The van der Waals surface area contributed by atoms with E-state index in [0.29, 0.717) is 0 Å². The van der Waals surface area contributed by atoms with Gasteiger partial charge in [-0.25, -0.2) is 0 Å². The smallest absolute Gasteiger partial charge is 0.120 e. The Bertz CT molecular complexity index is 371. The van der Waals surface area contributed by atoms with E-state index in [2.05, 4.69) is 31.2 Å². The molecular weight excluding hydrogens is 232 g/mol. The molecule has 0 radical (unpaired) electrons. The molecule has 0 heterocycles. The molecule has 0 saturated heterocycles. The van der Waals surface area contributed by atoms with E-state index in [9.17, 15) is 4.79 Å². The summed E-state index contributed by atoms with van der Waals surface area (Å²) >= 11 is 0. The fourth-order valence-electron chi connectivity index (χ4n) is 3.33. The van der Waals surface area contributed by atoms with Crippen molar-refractivity contribution in [1.82, 2.24) is 0 Å². The van der Waals surface area contributed by atoms with Gasteiger partial charge in [-0.2, -0.15) is 0 Å². The van der Waals surface area contributed by atoms with Crippen molar-refractivity contribution < 1.29 is 4.79 Å². The second-order valence-electron chi connectivity index (χ2n) is 5.95. The Morgan fingerprint density at radius 1 is 1.11 bits per heavy atom. The third-order valence-corrected chi connectivity index (χ3v) is 4.53. The van der Waals surface area contributed by atoms with Crippen molar-refractivity contribution in [3.63, 3.8) is 0 Å². The minimum atomic E-state index is 0.751. The average Bonchev–Trinajstić information content (AvgIpc) is 2.47. The van der Waals surface area contributed by atoms with Crippen molar-refractivity contribution in [3.8, 4) is 0 Å². The first-order chi connectivity index (χ1) is 9.33. The highest BCUT2D eigenvalue weighted by molar-refractivity contribution is 5.49. The molecule has 19 heavy (non-hydrogen) atoms. The van der Waals surface area contributed by atoms with Crippen LogP contribution >= 0.6 is 0 Å². The van der Waals surface area contributed by atoms with Crippen molar-refractivity contribution in [3.05, 3.63) is 35.4 Å².